The van der Waals surface area contributed by atoms with Crippen LogP contribution in [0.1, 0.15) is 17.5 Å². The number of aromatic nitrogens is 2. The Kier molecular flexibility index (Phi) is 6.07. The van der Waals surface area contributed by atoms with E-state index in [1.54, 1.807) is 30.7 Å². The van der Waals surface area contributed by atoms with Crippen LogP contribution in [0.15, 0.2) is 61.2 Å². The zero-order valence-electron chi connectivity index (χ0n) is 14.3. The Hall–Kier alpha value is -2.60. The van der Waals surface area contributed by atoms with Gasteiger partial charge in [-0.1, -0.05) is 24.3 Å². The molecule has 1 heterocycles. The van der Waals surface area contributed by atoms with Gasteiger partial charge in [-0.25, -0.2) is 18.2 Å². The van der Waals surface area contributed by atoms with Crippen molar-refractivity contribution in [2.24, 2.45) is 0 Å². The molecule has 0 saturated heterocycles. The van der Waals surface area contributed by atoms with Gasteiger partial charge in [0.25, 0.3) is 0 Å². The third-order valence-corrected chi connectivity index (χ3v) is 4.21. The van der Waals surface area contributed by atoms with Crippen molar-refractivity contribution >= 4 is 0 Å². The maximum absolute atomic E-state index is 14.0. The molecule has 2 aromatic carbocycles. The lowest BCUT2D eigenvalue weighted by Crippen LogP contribution is -2.26. The Morgan fingerprint density at radius 2 is 1.69 bits per heavy atom. The summed E-state index contributed by atoms with van der Waals surface area (Å²) in [6.07, 6.45) is 6.13. The first-order valence-electron chi connectivity index (χ1n) is 8.47. The molecule has 0 fully saturated rings. The molecule has 0 atom stereocenters. The van der Waals surface area contributed by atoms with Crippen LogP contribution in [0.4, 0.5) is 13.2 Å². The van der Waals surface area contributed by atoms with Gasteiger partial charge in [-0.2, -0.15) is 0 Å². The summed E-state index contributed by atoms with van der Waals surface area (Å²) in [5.74, 6) is -1.48. The smallest absolute Gasteiger partial charge is 0.130 e. The summed E-state index contributed by atoms with van der Waals surface area (Å²) >= 11 is 0. The van der Waals surface area contributed by atoms with Gasteiger partial charge >= 0.3 is 0 Å². The maximum atomic E-state index is 14.0. The third-order valence-electron chi connectivity index (χ3n) is 4.21. The van der Waals surface area contributed by atoms with E-state index in [0.717, 1.165) is 19.0 Å². The molecule has 1 aromatic heterocycles. The normalized spacial score (nSPS) is 11.2. The van der Waals surface area contributed by atoms with Crippen molar-refractivity contribution in [3.63, 3.8) is 0 Å². The van der Waals surface area contributed by atoms with Crippen molar-refractivity contribution < 1.29 is 13.2 Å². The lowest BCUT2D eigenvalue weighted by Gasteiger charge is -2.23. The number of halogens is 3. The highest BCUT2D eigenvalue weighted by atomic mass is 19.1. The second-order valence-electron chi connectivity index (χ2n) is 6.19. The third kappa shape index (κ3) is 4.95. The molecule has 0 saturated carbocycles. The monoisotopic (exact) mass is 359 g/mol. The number of nitrogens with zero attached hydrogens (tertiary/aromatic N) is 3. The summed E-state index contributed by atoms with van der Waals surface area (Å²) in [4.78, 5) is 5.97. The van der Waals surface area contributed by atoms with Gasteiger partial charge in [0, 0.05) is 55.8 Å². The average molecular weight is 359 g/mol. The zero-order chi connectivity index (χ0) is 18.4. The fourth-order valence-electron chi connectivity index (χ4n) is 2.87. The van der Waals surface area contributed by atoms with Gasteiger partial charge in [0.05, 0.1) is 6.33 Å². The van der Waals surface area contributed by atoms with Crippen LogP contribution < -0.4 is 0 Å². The van der Waals surface area contributed by atoms with Gasteiger partial charge in [0.2, 0.25) is 0 Å². The minimum atomic E-state index is -0.605. The van der Waals surface area contributed by atoms with E-state index < -0.39 is 11.6 Å². The van der Waals surface area contributed by atoms with Gasteiger partial charge < -0.3 is 4.57 Å². The number of rotatable bonds is 8. The summed E-state index contributed by atoms with van der Waals surface area (Å²) < 4.78 is 43.1. The van der Waals surface area contributed by atoms with Crippen LogP contribution in [0.2, 0.25) is 0 Å². The molecule has 3 rings (SSSR count). The van der Waals surface area contributed by atoms with Gasteiger partial charge in [-0.15, -0.1) is 0 Å². The van der Waals surface area contributed by atoms with Gasteiger partial charge in [0.1, 0.15) is 17.5 Å². The lowest BCUT2D eigenvalue weighted by molar-refractivity contribution is 0.241. The largest absolute Gasteiger partial charge is 0.337 e. The molecule has 0 aliphatic heterocycles. The average Bonchev–Trinajstić information content (AvgIpc) is 3.12. The topological polar surface area (TPSA) is 21.1 Å². The molecule has 0 spiro atoms. The summed E-state index contributed by atoms with van der Waals surface area (Å²) in [6.45, 7) is 2.04. The molecule has 0 aliphatic carbocycles. The van der Waals surface area contributed by atoms with E-state index in [9.17, 15) is 13.2 Å². The van der Waals surface area contributed by atoms with Crippen LogP contribution in [0.3, 0.4) is 0 Å². The van der Waals surface area contributed by atoms with Crippen molar-refractivity contribution in [1.82, 2.24) is 14.5 Å². The van der Waals surface area contributed by atoms with Crippen molar-refractivity contribution in [3.8, 4) is 0 Å². The highest BCUT2D eigenvalue weighted by Gasteiger charge is 2.13. The molecule has 6 heteroatoms. The number of hydrogen-bond donors (Lipinski definition) is 0. The zero-order valence-corrected chi connectivity index (χ0v) is 14.3. The highest BCUT2D eigenvalue weighted by Crippen LogP contribution is 2.16. The Morgan fingerprint density at radius 3 is 2.38 bits per heavy atom. The van der Waals surface area contributed by atoms with Crippen LogP contribution in [0.5, 0.6) is 0 Å². The predicted molar refractivity (Wildman–Crippen MR) is 93.7 cm³/mol. The number of imidazole rings is 1. The van der Waals surface area contributed by atoms with Gasteiger partial charge in [-0.3, -0.25) is 4.90 Å². The van der Waals surface area contributed by atoms with Crippen molar-refractivity contribution in [2.45, 2.75) is 26.1 Å². The first-order valence-corrected chi connectivity index (χ1v) is 8.47. The first kappa shape index (κ1) is 18.2. The van der Waals surface area contributed by atoms with E-state index >= 15 is 0 Å². The SMILES string of the molecule is Fc1ccc(CN(CCCn2ccnc2)Cc2ccccc2F)c(F)c1. The molecule has 0 radical (unpaired) electrons. The Bertz CT molecular complexity index is 834. The first-order chi connectivity index (χ1) is 12.6. The van der Waals surface area contributed by atoms with E-state index in [-0.39, 0.29) is 12.4 Å². The standard InChI is InChI=1S/C20H20F3N3/c21-18-7-6-17(20(23)12-18)14-26(10-3-9-25-11-8-24-15-25)13-16-4-1-2-5-19(16)22/h1-2,4-8,11-12,15H,3,9-10,13-14H2. The quantitative estimate of drug-likeness (QED) is 0.595. The summed E-state index contributed by atoms with van der Waals surface area (Å²) in [6, 6.07) is 10.1. The predicted octanol–water partition coefficient (Wildman–Crippen LogP) is 4.39. The molecular weight excluding hydrogens is 339 g/mol. The molecule has 0 bridgehead atoms. The fourth-order valence-corrected chi connectivity index (χ4v) is 2.87. The number of benzene rings is 2. The summed E-state index contributed by atoms with van der Waals surface area (Å²) in [7, 11) is 0. The van der Waals surface area contributed by atoms with Crippen molar-refractivity contribution in [3.05, 3.63) is 89.8 Å². The second kappa shape index (κ2) is 8.67. The lowest BCUT2D eigenvalue weighted by atomic mass is 10.1. The van der Waals surface area contributed by atoms with Crippen molar-refractivity contribution in [1.29, 1.82) is 0 Å². The van der Waals surface area contributed by atoms with E-state index in [4.69, 9.17) is 0 Å². The van der Waals surface area contributed by atoms with E-state index in [1.807, 2.05) is 15.7 Å². The van der Waals surface area contributed by atoms with Gasteiger partial charge in [0.15, 0.2) is 0 Å². The Balaban J connectivity index is 1.70. The van der Waals surface area contributed by atoms with Crippen molar-refractivity contribution in [2.75, 3.05) is 6.54 Å². The number of hydrogen-bond acceptors (Lipinski definition) is 2. The number of aryl methyl sites for hydroxylation is 1. The molecule has 136 valence electrons. The molecule has 0 N–H and O–H groups in total. The van der Waals surface area contributed by atoms with E-state index in [2.05, 4.69) is 4.98 Å². The minimum Gasteiger partial charge on any atom is -0.337 e. The molecular formula is C20H20F3N3. The van der Waals surface area contributed by atoms with Crippen LogP contribution in [0.25, 0.3) is 0 Å². The Labute approximate surface area is 150 Å². The molecule has 26 heavy (non-hydrogen) atoms. The molecule has 0 aliphatic rings. The van der Waals surface area contributed by atoms with Gasteiger partial charge in [-0.05, 0) is 18.6 Å². The molecule has 0 amide bonds. The fraction of sp³-hybridized carbons (Fsp3) is 0.250. The van der Waals surface area contributed by atoms with E-state index in [0.29, 0.717) is 24.2 Å². The van der Waals surface area contributed by atoms with Crippen LogP contribution in [0, 0.1) is 17.5 Å². The maximum Gasteiger partial charge on any atom is 0.130 e. The molecule has 3 nitrogen and oxygen atoms in total. The summed E-state index contributed by atoms with van der Waals surface area (Å²) in [5, 5.41) is 0. The molecule has 3 aromatic rings. The van der Waals surface area contributed by atoms with Crippen LogP contribution >= 0.6 is 0 Å². The van der Waals surface area contributed by atoms with Crippen LogP contribution in [-0.4, -0.2) is 21.0 Å². The van der Waals surface area contributed by atoms with Crippen LogP contribution in [-0.2, 0) is 19.6 Å². The highest BCUT2D eigenvalue weighted by molar-refractivity contribution is 5.20. The molecule has 0 unspecified atom stereocenters. The summed E-state index contributed by atoms with van der Waals surface area (Å²) in [5.41, 5.74) is 0.947. The Morgan fingerprint density at radius 1 is 0.923 bits per heavy atom. The second-order valence-corrected chi connectivity index (χ2v) is 6.19. The minimum absolute atomic E-state index is 0.282. The van der Waals surface area contributed by atoms with E-state index in [1.165, 1.54) is 18.2 Å².